The number of hydrogen-bond donors (Lipinski definition) is 0. The van der Waals surface area contributed by atoms with Crippen LogP contribution in [-0.2, 0) is 11.2 Å². The molecule has 0 spiro atoms. The molecule has 3 heteroatoms. The Balaban J connectivity index is 2.00. The third-order valence-electron chi connectivity index (χ3n) is 4.32. The first-order chi connectivity index (χ1) is 9.70. The molecule has 1 amide bonds. The average Bonchev–Trinajstić information content (AvgIpc) is 2.45. The standard InChI is InChI=1S/C17H20FNO/c1-2-3-10-19-16-8-4-12-11-13(18)5-6-14(12)15(16)7-9-17(19)20/h5-6,11H,2-4,7-10H2,1H3. The minimum atomic E-state index is -0.164. The number of aryl methyl sites for hydroxylation is 1. The van der Waals surface area contributed by atoms with Gasteiger partial charge < -0.3 is 4.90 Å². The van der Waals surface area contributed by atoms with Crippen molar-refractivity contribution in [2.45, 2.75) is 45.4 Å². The maximum absolute atomic E-state index is 13.3. The van der Waals surface area contributed by atoms with Crippen LogP contribution in [0.25, 0.3) is 5.57 Å². The first-order valence-corrected chi connectivity index (χ1v) is 7.52. The Morgan fingerprint density at radius 3 is 2.85 bits per heavy atom. The lowest BCUT2D eigenvalue weighted by Crippen LogP contribution is -2.36. The zero-order valence-electron chi connectivity index (χ0n) is 11.9. The van der Waals surface area contributed by atoms with Gasteiger partial charge in [0.2, 0.25) is 5.91 Å². The first-order valence-electron chi connectivity index (χ1n) is 7.52. The van der Waals surface area contributed by atoms with Crippen molar-refractivity contribution < 1.29 is 9.18 Å². The second-order valence-corrected chi connectivity index (χ2v) is 5.63. The van der Waals surface area contributed by atoms with Crippen molar-refractivity contribution in [3.63, 3.8) is 0 Å². The van der Waals surface area contributed by atoms with Gasteiger partial charge in [0.15, 0.2) is 0 Å². The van der Waals surface area contributed by atoms with Gasteiger partial charge in [0.1, 0.15) is 5.82 Å². The van der Waals surface area contributed by atoms with Gasteiger partial charge in [-0.05, 0) is 54.5 Å². The van der Waals surface area contributed by atoms with E-state index >= 15 is 0 Å². The summed E-state index contributed by atoms with van der Waals surface area (Å²) in [6, 6.07) is 5.06. The quantitative estimate of drug-likeness (QED) is 0.817. The molecule has 0 saturated carbocycles. The second-order valence-electron chi connectivity index (χ2n) is 5.63. The summed E-state index contributed by atoms with van der Waals surface area (Å²) in [6.45, 7) is 2.97. The highest BCUT2D eigenvalue weighted by molar-refractivity contribution is 5.88. The van der Waals surface area contributed by atoms with Crippen molar-refractivity contribution in [2.24, 2.45) is 0 Å². The van der Waals surface area contributed by atoms with Crippen molar-refractivity contribution in [1.82, 2.24) is 4.90 Å². The predicted molar refractivity (Wildman–Crippen MR) is 77.5 cm³/mol. The highest BCUT2D eigenvalue weighted by atomic mass is 19.1. The van der Waals surface area contributed by atoms with Crippen LogP contribution in [0.2, 0.25) is 0 Å². The Bertz CT molecular complexity index is 576. The van der Waals surface area contributed by atoms with Gasteiger partial charge >= 0.3 is 0 Å². The van der Waals surface area contributed by atoms with Crippen molar-refractivity contribution >= 4 is 11.5 Å². The molecule has 0 N–H and O–H groups in total. The minimum absolute atomic E-state index is 0.164. The summed E-state index contributed by atoms with van der Waals surface area (Å²) in [7, 11) is 0. The van der Waals surface area contributed by atoms with E-state index in [2.05, 4.69) is 6.92 Å². The van der Waals surface area contributed by atoms with Gasteiger partial charge in [0, 0.05) is 18.7 Å². The fourth-order valence-corrected chi connectivity index (χ4v) is 3.29. The number of rotatable bonds is 3. The molecular formula is C17H20FNO. The summed E-state index contributed by atoms with van der Waals surface area (Å²) >= 11 is 0. The Kier molecular flexibility index (Phi) is 3.60. The molecule has 0 unspecified atom stereocenters. The van der Waals surface area contributed by atoms with E-state index < -0.39 is 0 Å². The second kappa shape index (κ2) is 5.39. The van der Waals surface area contributed by atoms with E-state index in [4.69, 9.17) is 0 Å². The highest BCUT2D eigenvalue weighted by Gasteiger charge is 2.30. The molecule has 2 aliphatic rings. The number of fused-ring (bicyclic) bond motifs is 2. The fraction of sp³-hybridized carbons (Fsp3) is 0.471. The number of carbonyl (C=O) groups excluding carboxylic acids is 1. The van der Waals surface area contributed by atoms with E-state index in [-0.39, 0.29) is 11.7 Å². The molecule has 20 heavy (non-hydrogen) atoms. The number of benzene rings is 1. The topological polar surface area (TPSA) is 20.3 Å². The number of hydrogen-bond acceptors (Lipinski definition) is 1. The molecule has 0 fully saturated rings. The van der Waals surface area contributed by atoms with Crippen LogP contribution in [0, 0.1) is 5.82 Å². The van der Waals surface area contributed by atoms with Gasteiger partial charge in [-0.25, -0.2) is 4.39 Å². The lowest BCUT2D eigenvalue weighted by atomic mass is 9.83. The van der Waals surface area contributed by atoms with E-state index in [1.165, 1.54) is 17.3 Å². The van der Waals surface area contributed by atoms with Crippen molar-refractivity contribution in [3.8, 4) is 0 Å². The van der Waals surface area contributed by atoms with Crippen molar-refractivity contribution in [1.29, 1.82) is 0 Å². The van der Waals surface area contributed by atoms with Gasteiger partial charge in [-0.3, -0.25) is 4.79 Å². The molecule has 0 bridgehead atoms. The molecular weight excluding hydrogens is 253 g/mol. The minimum Gasteiger partial charge on any atom is -0.316 e. The van der Waals surface area contributed by atoms with E-state index in [9.17, 15) is 9.18 Å². The SMILES string of the molecule is CCCCN1C(=O)CCC2=C1CCc1cc(F)ccc12. The summed E-state index contributed by atoms with van der Waals surface area (Å²) in [5.41, 5.74) is 4.70. The lowest BCUT2D eigenvalue weighted by molar-refractivity contribution is -0.129. The third-order valence-corrected chi connectivity index (χ3v) is 4.32. The zero-order valence-corrected chi connectivity index (χ0v) is 11.9. The number of allylic oxidation sites excluding steroid dienone is 2. The summed E-state index contributed by atoms with van der Waals surface area (Å²) in [4.78, 5) is 14.1. The van der Waals surface area contributed by atoms with E-state index in [1.54, 1.807) is 6.07 Å². The first kappa shape index (κ1) is 13.3. The fourth-order valence-electron chi connectivity index (χ4n) is 3.29. The Hall–Kier alpha value is -1.64. The normalized spacial score (nSPS) is 18.1. The van der Waals surface area contributed by atoms with Crippen LogP contribution in [0.1, 0.15) is 50.2 Å². The van der Waals surface area contributed by atoms with Crippen LogP contribution in [0.15, 0.2) is 23.9 Å². The number of nitrogens with zero attached hydrogens (tertiary/aromatic N) is 1. The maximum Gasteiger partial charge on any atom is 0.227 e. The highest BCUT2D eigenvalue weighted by Crippen LogP contribution is 2.39. The summed E-state index contributed by atoms with van der Waals surface area (Å²) < 4.78 is 13.3. The van der Waals surface area contributed by atoms with Crippen molar-refractivity contribution in [2.75, 3.05) is 6.54 Å². The van der Waals surface area contributed by atoms with Gasteiger partial charge in [-0.2, -0.15) is 0 Å². The molecule has 0 radical (unpaired) electrons. The van der Waals surface area contributed by atoms with Gasteiger partial charge in [0.25, 0.3) is 0 Å². The predicted octanol–water partition coefficient (Wildman–Crippen LogP) is 3.91. The van der Waals surface area contributed by atoms with Gasteiger partial charge in [-0.15, -0.1) is 0 Å². The summed E-state index contributed by atoms with van der Waals surface area (Å²) in [6.07, 6.45) is 5.21. The monoisotopic (exact) mass is 273 g/mol. The maximum atomic E-state index is 13.3. The van der Waals surface area contributed by atoms with Crippen molar-refractivity contribution in [3.05, 3.63) is 40.8 Å². The Labute approximate surface area is 119 Å². The average molecular weight is 273 g/mol. The molecule has 2 nitrogen and oxygen atoms in total. The Morgan fingerprint density at radius 1 is 1.20 bits per heavy atom. The molecule has 106 valence electrons. The van der Waals surface area contributed by atoms with Gasteiger partial charge in [0.05, 0.1) is 0 Å². The van der Waals surface area contributed by atoms with Crippen LogP contribution in [0.3, 0.4) is 0 Å². The number of halogens is 1. The third kappa shape index (κ3) is 2.26. The molecule has 1 aliphatic heterocycles. The number of unbranched alkanes of at least 4 members (excludes halogenated alkanes) is 1. The molecule has 1 heterocycles. The van der Waals surface area contributed by atoms with Crippen LogP contribution < -0.4 is 0 Å². The van der Waals surface area contributed by atoms with E-state index in [0.29, 0.717) is 6.42 Å². The number of amides is 1. The van der Waals surface area contributed by atoms with Gasteiger partial charge in [-0.1, -0.05) is 19.4 Å². The molecule has 1 aromatic carbocycles. The Morgan fingerprint density at radius 2 is 2.05 bits per heavy atom. The summed E-state index contributed by atoms with van der Waals surface area (Å²) in [5, 5.41) is 0. The van der Waals surface area contributed by atoms with Crippen LogP contribution in [0.4, 0.5) is 4.39 Å². The zero-order chi connectivity index (χ0) is 14.1. The molecule has 0 saturated heterocycles. The van der Waals surface area contributed by atoms with Crippen LogP contribution in [-0.4, -0.2) is 17.4 Å². The largest absolute Gasteiger partial charge is 0.316 e. The lowest BCUT2D eigenvalue weighted by Gasteiger charge is -2.35. The summed E-state index contributed by atoms with van der Waals surface area (Å²) in [5.74, 6) is 0.0882. The molecule has 3 rings (SSSR count). The van der Waals surface area contributed by atoms with E-state index in [1.807, 2.05) is 11.0 Å². The molecule has 0 atom stereocenters. The van der Waals surface area contributed by atoms with E-state index in [0.717, 1.165) is 49.8 Å². The number of carbonyl (C=O) groups is 1. The smallest absolute Gasteiger partial charge is 0.227 e. The molecule has 0 aromatic heterocycles. The van der Waals surface area contributed by atoms with Crippen LogP contribution >= 0.6 is 0 Å². The molecule has 1 aromatic rings. The van der Waals surface area contributed by atoms with Crippen LogP contribution in [0.5, 0.6) is 0 Å². The molecule has 1 aliphatic carbocycles.